The van der Waals surface area contributed by atoms with Crippen LogP contribution in [0.5, 0.6) is 0 Å². The van der Waals surface area contributed by atoms with Gasteiger partial charge < -0.3 is 10.2 Å². The first kappa shape index (κ1) is 29.8. The van der Waals surface area contributed by atoms with Gasteiger partial charge in [-0.15, -0.1) is 0 Å². The number of carbonyl (C=O) groups is 2. The number of anilines is 1. The highest BCUT2D eigenvalue weighted by molar-refractivity contribution is 7.92. The fraction of sp³-hybridized carbons (Fsp3) is 0.310. The first-order valence-electron chi connectivity index (χ1n) is 12.7. The Hall–Kier alpha value is -3.79. The minimum atomic E-state index is -3.84. The van der Waals surface area contributed by atoms with Gasteiger partial charge >= 0.3 is 0 Å². The molecular formula is C29H33F2N3O4S. The SMILES string of the molecule is CCNC(=O)C(Cc1ccccc1)N(Cc1ccccc1)C(=O)CCCN(c1ccc(F)c(F)c1)S(C)(=O)=O. The summed E-state index contributed by atoms with van der Waals surface area (Å²) in [5, 5.41) is 2.83. The van der Waals surface area contributed by atoms with Gasteiger partial charge in [-0.05, 0) is 36.6 Å². The van der Waals surface area contributed by atoms with Crippen molar-refractivity contribution in [2.45, 2.75) is 38.8 Å². The maximum Gasteiger partial charge on any atom is 0.243 e. The summed E-state index contributed by atoms with van der Waals surface area (Å²) in [5.41, 5.74) is 1.70. The monoisotopic (exact) mass is 557 g/mol. The number of halogens is 2. The van der Waals surface area contributed by atoms with Crippen molar-refractivity contribution in [2.24, 2.45) is 0 Å². The van der Waals surface area contributed by atoms with Crippen LogP contribution in [0.15, 0.2) is 78.9 Å². The van der Waals surface area contributed by atoms with E-state index in [0.29, 0.717) is 13.0 Å². The fourth-order valence-corrected chi connectivity index (χ4v) is 5.23. The first-order chi connectivity index (χ1) is 18.6. The van der Waals surface area contributed by atoms with Gasteiger partial charge in [0.15, 0.2) is 11.6 Å². The zero-order valence-corrected chi connectivity index (χ0v) is 22.8. The standard InChI is InChI=1S/C29H33F2N3O4S/c1-3-32-29(36)27(19-22-11-6-4-7-12-22)33(21-23-13-8-5-9-14-23)28(35)15-10-18-34(39(2,37)38)24-16-17-25(30)26(31)20-24/h4-9,11-14,16-17,20,27H,3,10,15,18-19,21H2,1-2H3,(H,32,36). The highest BCUT2D eigenvalue weighted by Gasteiger charge is 2.30. The maximum atomic E-state index is 13.8. The lowest BCUT2D eigenvalue weighted by Crippen LogP contribution is -2.50. The van der Waals surface area contributed by atoms with Gasteiger partial charge in [-0.2, -0.15) is 0 Å². The number of carbonyl (C=O) groups excluding carboxylic acids is 2. The average molecular weight is 558 g/mol. The van der Waals surface area contributed by atoms with Crippen LogP contribution in [0.25, 0.3) is 0 Å². The third kappa shape index (κ3) is 8.61. The minimum Gasteiger partial charge on any atom is -0.355 e. The third-order valence-corrected chi connectivity index (χ3v) is 7.36. The lowest BCUT2D eigenvalue weighted by atomic mass is 10.0. The molecule has 0 saturated carbocycles. The fourth-order valence-electron chi connectivity index (χ4n) is 4.27. The highest BCUT2D eigenvalue weighted by atomic mass is 32.2. The van der Waals surface area contributed by atoms with Crippen molar-refractivity contribution in [3.8, 4) is 0 Å². The molecule has 39 heavy (non-hydrogen) atoms. The summed E-state index contributed by atoms with van der Waals surface area (Å²) in [5.74, 6) is -2.87. The predicted octanol–water partition coefficient (Wildman–Crippen LogP) is 4.29. The van der Waals surface area contributed by atoms with E-state index in [1.807, 2.05) is 60.7 Å². The van der Waals surface area contributed by atoms with E-state index < -0.39 is 27.7 Å². The van der Waals surface area contributed by atoms with Gasteiger partial charge in [-0.3, -0.25) is 13.9 Å². The zero-order chi connectivity index (χ0) is 28.4. The molecular weight excluding hydrogens is 524 g/mol. The molecule has 3 aromatic rings. The molecule has 0 aromatic heterocycles. The van der Waals surface area contributed by atoms with E-state index in [1.54, 1.807) is 6.92 Å². The summed E-state index contributed by atoms with van der Waals surface area (Å²) >= 11 is 0. The van der Waals surface area contributed by atoms with Crippen molar-refractivity contribution in [2.75, 3.05) is 23.7 Å². The lowest BCUT2D eigenvalue weighted by molar-refractivity contribution is -0.141. The second kappa shape index (κ2) is 13.8. The molecule has 0 fully saturated rings. The Morgan fingerprint density at radius 3 is 2.08 bits per heavy atom. The summed E-state index contributed by atoms with van der Waals surface area (Å²) < 4.78 is 53.0. The Morgan fingerprint density at radius 1 is 0.897 bits per heavy atom. The van der Waals surface area contributed by atoms with Crippen molar-refractivity contribution in [1.82, 2.24) is 10.2 Å². The molecule has 3 aromatic carbocycles. The van der Waals surface area contributed by atoms with Crippen molar-refractivity contribution in [3.05, 3.63) is 102 Å². The summed E-state index contributed by atoms with van der Waals surface area (Å²) in [4.78, 5) is 28.3. The molecule has 0 aliphatic rings. The molecule has 0 heterocycles. The van der Waals surface area contributed by atoms with Gasteiger partial charge in [0, 0.05) is 38.5 Å². The molecule has 0 bridgehead atoms. The Kier molecular flexibility index (Phi) is 10.6. The van der Waals surface area contributed by atoms with Crippen LogP contribution in [-0.2, 0) is 32.6 Å². The summed E-state index contributed by atoms with van der Waals surface area (Å²) in [6.07, 6.45) is 1.30. The number of likely N-dealkylation sites (N-methyl/N-ethyl adjacent to an activating group) is 1. The van der Waals surface area contributed by atoms with Crippen molar-refractivity contribution < 1.29 is 26.8 Å². The van der Waals surface area contributed by atoms with Gasteiger partial charge in [0.1, 0.15) is 6.04 Å². The Balaban J connectivity index is 1.84. The number of sulfonamides is 1. The van der Waals surface area contributed by atoms with Crippen molar-refractivity contribution in [1.29, 1.82) is 0 Å². The predicted molar refractivity (Wildman–Crippen MR) is 147 cm³/mol. The number of nitrogens with zero attached hydrogens (tertiary/aromatic N) is 2. The van der Waals surface area contributed by atoms with E-state index in [1.165, 1.54) is 11.0 Å². The second-order valence-electron chi connectivity index (χ2n) is 9.14. The summed E-state index contributed by atoms with van der Waals surface area (Å²) in [6, 6.07) is 20.7. The Bertz CT molecular complexity index is 1360. The number of benzene rings is 3. The Labute approximate surface area is 228 Å². The lowest BCUT2D eigenvalue weighted by Gasteiger charge is -2.32. The summed E-state index contributed by atoms with van der Waals surface area (Å²) in [6.45, 7) is 2.26. The van der Waals surface area contributed by atoms with E-state index in [-0.39, 0.29) is 43.4 Å². The van der Waals surface area contributed by atoms with Gasteiger partial charge in [0.2, 0.25) is 21.8 Å². The molecule has 1 atom stereocenters. The normalized spacial score (nSPS) is 12.0. The molecule has 0 saturated heterocycles. The number of rotatable bonds is 13. The van der Waals surface area contributed by atoms with Gasteiger partial charge in [-0.25, -0.2) is 17.2 Å². The molecule has 0 spiro atoms. The average Bonchev–Trinajstić information content (AvgIpc) is 2.91. The Morgan fingerprint density at radius 2 is 1.51 bits per heavy atom. The smallest absolute Gasteiger partial charge is 0.243 e. The number of hydrogen-bond acceptors (Lipinski definition) is 4. The van der Waals surface area contributed by atoms with E-state index in [2.05, 4.69) is 5.32 Å². The molecule has 2 amide bonds. The number of hydrogen-bond donors (Lipinski definition) is 1. The maximum absolute atomic E-state index is 13.8. The minimum absolute atomic E-state index is 0.0331. The number of amides is 2. The van der Waals surface area contributed by atoms with Crippen LogP contribution in [0.3, 0.4) is 0 Å². The number of nitrogens with one attached hydrogen (secondary N) is 1. The van der Waals surface area contributed by atoms with Crippen molar-refractivity contribution in [3.63, 3.8) is 0 Å². The van der Waals surface area contributed by atoms with Crippen LogP contribution >= 0.6 is 0 Å². The van der Waals surface area contributed by atoms with Gasteiger partial charge in [0.05, 0.1) is 11.9 Å². The molecule has 0 aliphatic carbocycles. The molecule has 208 valence electrons. The van der Waals surface area contributed by atoms with Crippen LogP contribution in [0.2, 0.25) is 0 Å². The highest BCUT2D eigenvalue weighted by Crippen LogP contribution is 2.22. The van der Waals surface area contributed by atoms with Crippen molar-refractivity contribution >= 4 is 27.5 Å². The largest absolute Gasteiger partial charge is 0.355 e. The van der Waals surface area contributed by atoms with E-state index >= 15 is 0 Å². The molecule has 7 nitrogen and oxygen atoms in total. The van der Waals surface area contributed by atoms with Gasteiger partial charge in [0.25, 0.3) is 0 Å². The third-order valence-electron chi connectivity index (χ3n) is 6.16. The van der Waals surface area contributed by atoms with Crippen LogP contribution in [0.4, 0.5) is 14.5 Å². The first-order valence-corrected chi connectivity index (χ1v) is 14.5. The van der Waals surface area contributed by atoms with Crippen LogP contribution < -0.4 is 9.62 Å². The molecule has 1 unspecified atom stereocenters. The van der Waals surface area contributed by atoms with E-state index in [4.69, 9.17) is 0 Å². The topological polar surface area (TPSA) is 86.8 Å². The summed E-state index contributed by atoms with van der Waals surface area (Å²) in [7, 11) is -3.84. The van der Waals surface area contributed by atoms with E-state index in [9.17, 15) is 26.8 Å². The van der Waals surface area contributed by atoms with Crippen LogP contribution in [0.1, 0.15) is 30.9 Å². The van der Waals surface area contributed by atoms with Crippen LogP contribution in [0, 0.1) is 11.6 Å². The zero-order valence-electron chi connectivity index (χ0n) is 22.0. The van der Waals surface area contributed by atoms with Gasteiger partial charge in [-0.1, -0.05) is 60.7 Å². The molecule has 10 heteroatoms. The second-order valence-corrected chi connectivity index (χ2v) is 11.1. The molecule has 1 N–H and O–H groups in total. The quantitative estimate of drug-likeness (QED) is 0.340. The van der Waals surface area contributed by atoms with E-state index in [0.717, 1.165) is 33.8 Å². The molecule has 0 radical (unpaired) electrons. The molecule has 0 aliphatic heterocycles. The molecule has 3 rings (SSSR count). The van der Waals surface area contributed by atoms with Crippen LogP contribution in [-0.4, -0.2) is 50.5 Å².